The van der Waals surface area contributed by atoms with E-state index in [4.69, 9.17) is 9.05 Å². The van der Waals surface area contributed by atoms with Crippen LogP contribution in [0.4, 0.5) is 0 Å². The predicted molar refractivity (Wildman–Crippen MR) is 171 cm³/mol. The van der Waals surface area contributed by atoms with E-state index in [1.54, 1.807) is 0 Å². The van der Waals surface area contributed by atoms with E-state index in [1.165, 1.54) is 0 Å². The molecular weight excluding hydrogens is 526 g/mol. The molecule has 0 aliphatic heterocycles. The molecule has 7 heteroatoms. The van der Waals surface area contributed by atoms with Crippen molar-refractivity contribution in [3.05, 3.63) is 0 Å². The van der Waals surface area contributed by atoms with E-state index in [9.17, 15) is 14.0 Å². The van der Waals surface area contributed by atoms with Crippen molar-refractivity contribution in [2.45, 2.75) is 153 Å². The maximum absolute atomic E-state index is 14.8. The van der Waals surface area contributed by atoms with Gasteiger partial charge in [0.15, 0.2) is 5.85 Å². The summed E-state index contributed by atoms with van der Waals surface area (Å²) in [5, 5.41) is 0. The minimum Gasteiger partial charge on any atom is -0.322 e. The average Bonchev–Trinajstić information content (AvgIpc) is 2.75. The standard InChI is InChI=1S/C32H68O5P2/c1-13-17-19-28(15-3)23-36-39(34,35)30(29(16-4)20-18-14-2)37-38(33,24-26(5)21-31(7,8)9)25-27(6)22-32(10,11)12/h26-30H,13-25H2,1-12H3,(H,34,35). The topological polar surface area (TPSA) is 72.8 Å². The van der Waals surface area contributed by atoms with E-state index in [0.29, 0.717) is 18.7 Å². The van der Waals surface area contributed by atoms with Gasteiger partial charge in [-0.15, -0.1) is 0 Å². The molecule has 0 aliphatic carbocycles. The molecule has 0 rings (SSSR count). The summed E-state index contributed by atoms with van der Waals surface area (Å²) in [5.41, 5.74) is 0.216. The van der Waals surface area contributed by atoms with Crippen LogP contribution < -0.4 is 0 Å². The van der Waals surface area contributed by atoms with Gasteiger partial charge in [-0.05, 0) is 60.2 Å². The van der Waals surface area contributed by atoms with Crippen molar-refractivity contribution in [2.75, 3.05) is 18.9 Å². The lowest BCUT2D eigenvalue weighted by molar-refractivity contribution is 0.125. The summed E-state index contributed by atoms with van der Waals surface area (Å²) in [5.74, 6) is -0.599. The fourth-order valence-corrected chi connectivity index (χ4v) is 11.6. The van der Waals surface area contributed by atoms with Gasteiger partial charge < -0.3 is 13.9 Å². The molecule has 0 saturated heterocycles. The third kappa shape index (κ3) is 17.8. The molecule has 0 aromatic heterocycles. The van der Waals surface area contributed by atoms with Gasteiger partial charge >= 0.3 is 7.60 Å². The molecular formula is C32H68O5P2. The van der Waals surface area contributed by atoms with Gasteiger partial charge in [0, 0.05) is 12.3 Å². The van der Waals surface area contributed by atoms with Crippen molar-refractivity contribution in [3.63, 3.8) is 0 Å². The first-order valence-corrected chi connectivity index (χ1v) is 19.7. The van der Waals surface area contributed by atoms with Crippen LogP contribution in [0.1, 0.15) is 147 Å². The van der Waals surface area contributed by atoms with Crippen LogP contribution >= 0.6 is 15.0 Å². The van der Waals surface area contributed by atoms with Crippen LogP contribution in [0, 0.1) is 34.5 Å². The van der Waals surface area contributed by atoms with Crippen molar-refractivity contribution >= 4 is 15.0 Å². The van der Waals surface area contributed by atoms with Gasteiger partial charge in [-0.25, -0.2) is 0 Å². The third-order valence-corrected chi connectivity index (χ3v) is 12.4. The van der Waals surface area contributed by atoms with Crippen molar-refractivity contribution in [3.8, 4) is 0 Å². The van der Waals surface area contributed by atoms with Gasteiger partial charge in [-0.2, -0.15) is 0 Å². The fourth-order valence-electron chi connectivity index (χ4n) is 6.14. The number of hydrogen-bond acceptors (Lipinski definition) is 4. The smallest absolute Gasteiger partial charge is 0.322 e. The van der Waals surface area contributed by atoms with Gasteiger partial charge in [-0.1, -0.05) is 122 Å². The highest BCUT2D eigenvalue weighted by Crippen LogP contribution is 2.62. The van der Waals surface area contributed by atoms with Crippen molar-refractivity contribution in [2.24, 2.45) is 34.5 Å². The highest BCUT2D eigenvalue weighted by atomic mass is 31.2. The van der Waals surface area contributed by atoms with E-state index in [1.807, 2.05) is 6.92 Å². The van der Waals surface area contributed by atoms with Crippen molar-refractivity contribution < 1.29 is 23.1 Å². The second-order valence-electron chi connectivity index (χ2n) is 15.0. The Morgan fingerprint density at radius 1 is 0.744 bits per heavy atom. The molecule has 0 aliphatic rings. The molecule has 0 fully saturated rings. The molecule has 6 atom stereocenters. The summed E-state index contributed by atoms with van der Waals surface area (Å²) >= 11 is 0. The molecule has 0 heterocycles. The Bertz CT molecular complexity index is 712. The van der Waals surface area contributed by atoms with Gasteiger partial charge in [-0.3, -0.25) is 9.13 Å². The Morgan fingerprint density at radius 2 is 1.21 bits per heavy atom. The first-order valence-electron chi connectivity index (χ1n) is 16.0. The summed E-state index contributed by atoms with van der Waals surface area (Å²) < 4.78 is 41.2. The summed E-state index contributed by atoms with van der Waals surface area (Å²) in [4.78, 5) is 11.4. The summed E-state index contributed by atoms with van der Waals surface area (Å²) in [6, 6.07) is 0. The second kappa shape index (κ2) is 18.1. The zero-order valence-corrected chi connectivity index (χ0v) is 29.8. The molecule has 39 heavy (non-hydrogen) atoms. The monoisotopic (exact) mass is 594 g/mol. The molecule has 5 nitrogen and oxygen atoms in total. The van der Waals surface area contributed by atoms with Gasteiger partial charge in [0.2, 0.25) is 7.37 Å². The van der Waals surface area contributed by atoms with Crippen LogP contribution in [-0.4, -0.2) is 29.7 Å². The predicted octanol–water partition coefficient (Wildman–Crippen LogP) is 11.4. The van der Waals surface area contributed by atoms with E-state index >= 15 is 0 Å². The van der Waals surface area contributed by atoms with Crippen LogP contribution in [0.5, 0.6) is 0 Å². The Balaban J connectivity index is 6.29. The highest BCUT2D eigenvalue weighted by Gasteiger charge is 2.45. The fraction of sp³-hybridized carbons (Fsp3) is 1.00. The largest absolute Gasteiger partial charge is 0.357 e. The van der Waals surface area contributed by atoms with E-state index < -0.39 is 20.8 Å². The lowest BCUT2D eigenvalue weighted by Gasteiger charge is -2.36. The Kier molecular flexibility index (Phi) is 18.3. The molecule has 0 aromatic rings. The molecule has 0 saturated carbocycles. The highest BCUT2D eigenvalue weighted by molar-refractivity contribution is 7.60. The Labute approximate surface area is 244 Å². The summed E-state index contributed by atoms with van der Waals surface area (Å²) in [6.07, 6.45) is 10.2. The Hall–Kier alpha value is 0.340. The lowest BCUT2D eigenvalue weighted by atomic mass is 9.86. The van der Waals surface area contributed by atoms with Gasteiger partial charge in [0.1, 0.15) is 0 Å². The van der Waals surface area contributed by atoms with Crippen molar-refractivity contribution in [1.82, 2.24) is 0 Å². The van der Waals surface area contributed by atoms with Gasteiger partial charge in [0.25, 0.3) is 0 Å². The van der Waals surface area contributed by atoms with Crippen LogP contribution in [0.25, 0.3) is 0 Å². The minimum absolute atomic E-state index is 0.108. The molecule has 0 aromatic carbocycles. The second-order valence-corrected chi connectivity index (χ2v) is 19.5. The minimum atomic E-state index is -4.17. The van der Waals surface area contributed by atoms with Gasteiger partial charge in [0.05, 0.1) is 6.61 Å². The van der Waals surface area contributed by atoms with Crippen LogP contribution in [0.15, 0.2) is 0 Å². The maximum atomic E-state index is 14.8. The summed E-state index contributed by atoms with van der Waals surface area (Å²) in [7, 11) is -7.41. The van der Waals surface area contributed by atoms with Crippen molar-refractivity contribution in [1.29, 1.82) is 0 Å². The first-order chi connectivity index (χ1) is 17.8. The number of unbranched alkanes of at least 4 members (excludes halogenated alkanes) is 2. The van der Waals surface area contributed by atoms with Crippen LogP contribution in [0.3, 0.4) is 0 Å². The first kappa shape index (κ1) is 39.3. The lowest BCUT2D eigenvalue weighted by Crippen LogP contribution is -2.28. The molecule has 0 bridgehead atoms. The number of hydrogen-bond donors (Lipinski definition) is 1. The molecule has 1 N–H and O–H groups in total. The molecule has 0 amide bonds. The van der Waals surface area contributed by atoms with Crippen LogP contribution in [0.2, 0.25) is 0 Å². The number of rotatable bonds is 21. The SMILES string of the molecule is CCCCC(CC)COP(=O)(O)C(OP(=O)(CC(C)CC(C)(C)C)CC(C)CC(C)(C)C)C(CC)CCCC. The molecule has 6 unspecified atom stereocenters. The maximum Gasteiger partial charge on any atom is 0.357 e. The molecule has 236 valence electrons. The molecule has 0 radical (unpaired) electrons. The molecule has 0 spiro atoms. The normalized spacial score (nSPS) is 20.0. The van der Waals surface area contributed by atoms with Crippen LogP contribution in [-0.2, 0) is 18.2 Å². The average molecular weight is 595 g/mol. The zero-order valence-electron chi connectivity index (χ0n) is 28.1. The van der Waals surface area contributed by atoms with E-state index in [-0.39, 0.29) is 41.1 Å². The van der Waals surface area contributed by atoms with E-state index in [2.05, 4.69) is 76.2 Å². The Morgan fingerprint density at radius 3 is 1.59 bits per heavy atom. The zero-order chi connectivity index (χ0) is 30.5. The third-order valence-electron chi connectivity index (χ3n) is 7.62. The van der Waals surface area contributed by atoms with E-state index in [0.717, 1.165) is 57.8 Å². The quantitative estimate of drug-likeness (QED) is 0.134. The summed E-state index contributed by atoms with van der Waals surface area (Å²) in [6.45, 7) is 26.2.